The normalized spacial score (nSPS) is 19.2. The predicted molar refractivity (Wildman–Crippen MR) is 51.5 cm³/mol. The Labute approximate surface area is 86.5 Å². The Kier molecular flexibility index (Phi) is 2.34. The molecule has 0 saturated heterocycles. The van der Waals surface area contributed by atoms with E-state index >= 15 is 0 Å². The summed E-state index contributed by atoms with van der Waals surface area (Å²) in [6.07, 6.45) is 0.207. The third kappa shape index (κ3) is 1.67. The largest absolute Gasteiger partial charge is 0.492 e. The second-order valence-electron chi connectivity index (χ2n) is 3.72. The smallest absolute Gasteiger partial charge is 0.310 e. The highest BCUT2D eigenvalue weighted by molar-refractivity contribution is 5.71. The van der Waals surface area contributed by atoms with Crippen molar-refractivity contribution < 1.29 is 19.0 Å². The van der Waals surface area contributed by atoms with Crippen molar-refractivity contribution in [1.29, 1.82) is 0 Å². The van der Waals surface area contributed by atoms with Crippen LogP contribution in [0.25, 0.3) is 0 Å². The third-order valence-corrected chi connectivity index (χ3v) is 2.63. The van der Waals surface area contributed by atoms with Gasteiger partial charge < -0.3 is 9.84 Å². The number of rotatable bonds is 1. The van der Waals surface area contributed by atoms with E-state index < -0.39 is 11.9 Å². The van der Waals surface area contributed by atoms with Gasteiger partial charge in [-0.05, 0) is 25.0 Å². The summed E-state index contributed by atoms with van der Waals surface area (Å²) in [4.78, 5) is 10.8. The molecule has 0 bridgehead atoms. The molecule has 0 radical (unpaired) electrons. The van der Waals surface area contributed by atoms with E-state index in [4.69, 9.17) is 9.84 Å². The number of carboxylic acids is 1. The molecule has 1 aromatic rings. The highest BCUT2D eigenvalue weighted by atomic mass is 19.1. The lowest BCUT2D eigenvalue weighted by Gasteiger charge is -2.24. The van der Waals surface area contributed by atoms with E-state index in [0.717, 1.165) is 5.56 Å². The first-order valence-corrected chi connectivity index (χ1v) is 4.73. The highest BCUT2D eigenvalue weighted by Gasteiger charge is 2.28. The van der Waals surface area contributed by atoms with Gasteiger partial charge in [0.2, 0.25) is 0 Å². The molecule has 0 aromatic heterocycles. The Balaban J connectivity index is 2.41. The molecule has 0 amide bonds. The van der Waals surface area contributed by atoms with Gasteiger partial charge in [0.1, 0.15) is 18.2 Å². The summed E-state index contributed by atoms with van der Waals surface area (Å²) in [6, 6.07) is 2.98. The van der Waals surface area contributed by atoms with Crippen molar-refractivity contribution in [3.05, 3.63) is 29.1 Å². The molecule has 4 heteroatoms. The van der Waals surface area contributed by atoms with Crippen LogP contribution in [0.15, 0.2) is 12.1 Å². The average Bonchev–Trinajstić information content (AvgIpc) is 2.23. The molecule has 0 aliphatic carbocycles. The van der Waals surface area contributed by atoms with Crippen LogP contribution >= 0.6 is 0 Å². The molecule has 2 rings (SSSR count). The van der Waals surface area contributed by atoms with Crippen molar-refractivity contribution in [2.45, 2.75) is 13.3 Å². The monoisotopic (exact) mass is 210 g/mol. The summed E-state index contributed by atoms with van der Waals surface area (Å²) < 4.78 is 18.7. The van der Waals surface area contributed by atoms with Gasteiger partial charge in [0, 0.05) is 5.56 Å². The number of aliphatic carboxylic acids is 1. The van der Waals surface area contributed by atoms with Gasteiger partial charge in [-0.15, -0.1) is 0 Å². The zero-order valence-electron chi connectivity index (χ0n) is 8.29. The topological polar surface area (TPSA) is 46.5 Å². The van der Waals surface area contributed by atoms with Crippen molar-refractivity contribution in [3.8, 4) is 5.75 Å². The minimum Gasteiger partial charge on any atom is -0.492 e. The molecule has 15 heavy (non-hydrogen) atoms. The van der Waals surface area contributed by atoms with Crippen LogP contribution in [0.4, 0.5) is 4.39 Å². The first-order chi connectivity index (χ1) is 7.09. The summed E-state index contributed by atoms with van der Waals surface area (Å²) in [6.45, 7) is 1.94. The van der Waals surface area contributed by atoms with Gasteiger partial charge in [-0.3, -0.25) is 4.79 Å². The third-order valence-electron chi connectivity index (χ3n) is 2.63. The van der Waals surface area contributed by atoms with Crippen LogP contribution in [0.5, 0.6) is 5.75 Å². The highest BCUT2D eigenvalue weighted by Crippen LogP contribution is 2.32. The van der Waals surface area contributed by atoms with Crippen molar-refractivity contribution in [1.82, 2.24) is 0 Å². The molecule has 1 aliphatic rings. The van der Waals surface area contributed by atoms with Gasteiger partial charge in [-0.25, -0.2) is 4.39 Å². The number of carboxylic acid groups (broad SMARTS) is 1. The lowest BCUT2D eigenvalue weighted by Crippen LogP contribution is -2.28. The number of halogens is 1. The van der Waals surface area contributed by atoms with Crippen LogP contribution in [-0.4, -0.2) is 17.7 Å². The summed E-state index contributed by atoms with van der Waals surface area (Å²) in [5.74, 6) is -1.47. The number of carbonyl (C=O) groups is 1. The maximum atomic E-state index is 13.4. The number of hydrogen-bond acceptors (Lipinski definition) is 2. The molecular formula is C11H11FO3. The van der Waals surface area contributed by atoms with Gasteiger partial charge in [-0.2, -0.15) is 0 Å². The van der Waals surface area contributed by atoms with Gasteiger partial charge >= 0.3 is 5.97 Å². The second-order valence-corrected chi connectivity index (χ2v) is 3.72. The number of fused-ring (bicyclic) bond motifs is 1. The molecule has 0 unspecified atom stereocenters. The number of hydrogen-bond donors (Lipinski definition) is 1. The van der Waals surface area contributed by atoms with Crippen molar-refractivity contribution in [2.24, 2.45) is 5.92 Å². The summed E-state index contributed by atoms with van der Waals surface area (Å²) in [5, 5.41) is 8.82. The van der Waals surface area contributed by atoms with Crippen LogP contribution in [0.1, 0.15) is 11.1 Å². The quantitative estimate of drug-likeness (QED) is 0.768. The SMILES string of the molecule is Cc1ccc(F)c2c1OC[C@H](C(=O)O)C2. The molecule has 0 fully saturated rings. The van der Waals surface area contributed by atoms with E-state index in [0.29, 0.717) is 11.3 Å². The van der Waals surface area contributed by atoms with E-state index in [1.165, 1.54) is 6.07 Å². The number of benzene rings is 1. The lowest BCUT2D eigenvalue weighted by atomic mass is 9.95. The zero-order chi connectivity index (χ0) is 11.0. The van der Waals surface area contributed by atoms with E-state index in [2.05, 4.69) is 0 Å². The van der Waals surface area contributed by atoms with Crippen LogP contribution in [-0.2, 0) is 11.2 Å². The first kappa shape index (κ1) is 9.96. The van der Waals surface area contributed by atoms with Crippen LogP contribution < -0.4 is 4.74 Å². The predicted octanol–water partition coefficient (Wildman–Crippen LogP) is 1.77. The fraction of sp³-hybridized carbons (Fsp3) is 0.364. The Morgan fingerprint density at radius 2 is 2.33 bits per heavy atom. The molecule has 0 spiro atoms. The molecule has 1 aromatic carbocycles. The van der Waals surface area contributed by atoms with Crippen molar-refractivity contribution >= 4 is 5.97 Å². The Morgan fingerprint density at radius 1 is 1.60 bits per heavy atom. The Hall–Kier alpha value is -1.58. The van der Waals surface area contributed by atoms with Crippen LogP contribution in [0, 0.1) is 18.7 Å². The van der Waals surface area contributed by atoms with Gasteiger partial charge in [0.25, 0.3) is 0 Å². The van der Waals surface area contributed by atoms with Crippen LogP contribution in [0.2, 0.25) is 0 Å². The minimum atomic E-state index is -0.943. The standard InChI is InChI=1S/C11H11FO3/c1-6-2-3-9(12)8-4-7(11(13)14)5-15-10(6)8/h2-3,7H,4-5H2,1H3,(H,13,14)/t7-/m1/s1. The van der Waals surface area contributed by atoms with Crippen molar-refractivity contribution in [2.75, 3.05) is 6.61 Å². The van der Waals surface area contributed by atoms with Crippen molar-refractivity contribution in [3.63, 3.8) is 0 Å². The van der Waals surface area contributed by atoms with Gasteiger partial charge in [0.05, 0.1) is 5.92 Å². The molecule has 1 N–H and O–H groups in total. The zero-order valence-corrected chi connectivity index (χ0v) is 8.29. The van der Waals surface area contributed by atoms with E-state index in [1.807, 2.05) is 6.92 Å². The fourth-order valence-electron chi connectivity index (χ4n) is 1.76. The second kappa shape index (κ2) is 3.53. The Bertz CT molecular complexity index is 415. The number of aryl methyl sites for hydroxylation is 1. The average molecular weight is 210 g/mol. The van der Waals surface area contributed by atoms with E-state index in [1.54, 1.807) is 6.07 Å². The molecule has 80 valence electrons. The fourth-order valence-corrected chi connectivity index (χ4v) is 1.76. The van der Waals surface area contributed by atoms with Gasteiger partial charge in [-0.1, -0.05) is 6.07 Å². The summed E-state index contributed by atoms with van der Waals surface area (Å²) in [5.41, 5.74) is 1.23. The van der Waals surface area contributed by atoms with E-state index in [-0.39, 0.29) is 18.8 Å². The maximum Gasteiger partial charge on any atom is 0.310 e. The van der Waals surface area contributed by atoms with E-state index in [9.17, 15) is 9.18 Å². The number of ether oxygens (including phenoxy) is 1. The maximum absolute atomic E-state index is 13.4. The molecule has 1 aliphatic heterocycles. The van der Waals surface area contributed by atoms with Gasteiger partial charge in [0.15, 0.2) is 0 Å². The Morgan fingerprint density at radius 3 is 3.00 bits per heavy atom. The van der Waals surface area contributed by atoms with Crippen LogP contribution in [0.3, 0.4) is 0 Å². The molecule has 1 heterocycles. The molecule has 0 saturated carbocycles. The molecular weight excluding hydrogens is 199 g/mol. The first-order valence-electron chi connectivity index (χ1n) is 4.73. The molecule has 1 atom stereocenters. The summed E-state index contributed by atoms with van der Waals surface area (Å²) >= 11 is 0. The summed E-state index contributed by atoms with van der Waals surface area (Å²) in [7, 11) is 0. The lowest BCUT2D eigenvalue weighted by molar-refractivity contribution is -0.143. The molecule has 3 nitrogen and oxygen atoms in total. The minimum absolute atomic E-state index is 0.118.